The number of carbonyl (C=O) groups is 2. The Balaban J connectivity index is 1.52. The molecular weight excluding hydrogens is 379 g/mol. The number of hydrogen-bond donors (Lipinski definition) is 2. The molecule has 0 spiro atoms. The van der Waals surface area contributed by atoms with E-state index >= 15 is 0 Å². The van der Waals surface area contributed by atoms with E-state index in [1.165, 1.54) is 30.0 Å². The minimum absolute atomic E-state index is 0.0735. The first kappa shape index (κ1) is 19.5. The van der Waals surface area contributed by atoms with Gasteiger partial charge in [0.05, 0.1) is 11.3 Å². The van der Waals surface area contributed by atoms with Gasteiger partial charge in [0.1, 0.15) is 10.8 Å². The SMILES string of the molecule is Cc1cccc(NC(=O)CSc2ccc(NC(=O)c3ccccc3F)nn2)c1. The van der Waals surface area contributed by atoms with Crippen molar-refractivity contribution < 1.29 is 14.0 Å². The molecule has 142 valence electrons. The lowest BCUT2D eigenvalue weighted by molar-refractivity contribution is -0.113. The second-order valence-electron chi connectivity index (χ2n) is 5.90. The maximum atomic E-state index is 13.6. The molecule has 3 aromatic rings. The van der Waals surface area contributed by atoms with Gasteiger partial charge in [-0.05, 0) is 48.9 Å². The summed E-state index contributed by atoms with van der Waals surface area (Å²) < 4.78 is 13.6. The van der Waals surface area contributed by atoms with E-state index in [0.717, 1.165) is 11.3 Å². The molecule has 0 aliphatic carbocycles. The molecule has 0 saturated heterocycles. The van der Waals surface area contributed by atoms with Crippen LogP contribution in [0.1, 0.15) is 15.9 Å². The Hall–Kier alpha value is -3.26. The molecule has 3 rings (SSSR count). The van der Waals surface area contributed by atoms with Crippen LogP contribution in [-0.2, 0) is 4.79 Å². The number of nitrogens with zero attached hydrogens (tertiary/aromatic N) is 2. The van der Waals surface area contributed by atoms with Gasteiger partial charge in [-0.15, -0.1) is 10.2 Å². The van der Waals surface area contributed by atoms with E-state index in [1.807, 2.05) is 31.2 Å². The molecule has 0 atom stereocenters. The fourth-order valence-corrected chi connectivity index (χ4v) is 2.97. The van der Waals surface area contributed by atoms with Crippen molar-refractivity contribution in [2.24, 2.45) is 0 Å². The molecule has 0 aliphatic rings. The minimum atomic E-state index is -0.611. The third-order valence-electron chi connectivity index (χ3n) is 3.65. The Morgan fingerprint density at radius 3 is 2.54 bits per heavy atom. The molecule has 2 amide bonds. The highest BCUT2D eigenvalue weighted by molar-refractivity contribution is 7.99. The van der Waals surface area contributed by atoms with E-state index in [2.05, 4.69) is 20.8 Å². The van der Waals surface area contributed by atoms with Crippen molar-refractivity contribution in [1.29, 1.82) is 0 Å². The number of carbonyl (C=O) groups excluding carboxylic acids is 2. The second kappa shape index (κ2) is 9.09. The number of hydrogen-bond acceptors (Lipinski definition) is 5. The highest BCUT2D eigenvalue weighted by Gasteiger charge is 2.12. The summed E-state index contributed by atoms with van der Waals surface area (Å²) in [4.78, 5) is 24.1. The van der Waals surface area contributed by atoms with Crippen LogP contribution in [0, 0.1) is 12.7 Å². The fourth-order valence-electron chi connectivity index (χ4n) is 2.35. The van der Waals surface area contributed by atoms with Gasteiger partial charge in [-0.3, -0.25) is 9.59 Å². The number of amides is 2. The number of benzene rings is 2. The van der Waals surface area contributed by atoms with Gasteiger partial charge >= 0.3 is 0 Å². The van der Waals surface area contributed by atoms with E-state index < -0.39 is 11.7 Å². The van der Waals surface area contributed by atoms with E-state index in [0.29, 0.717) is 5.03 Å². The summed E-state index contributed by atoms with van der Waals surface area (Å²) >= 11 is 1.22. The molecule has 28 heavy (non-hydrogen) atoms. The summed E-state index contributed by atoms with van der Waals surface area (Å²) in [5.74, 6) is -1.01. The van der Waals surface area contributed by atoms with Crippen LogP contribution in [0.5, 0.6) is 0 Å². The first-order valence-corrected chi connectivity index (χ1v) is 9.39. The van der Waals surface area contributed by atoms with E-state index in [-0.39, 0.29) is 23.0 Å². The summed E-state index contributed by atoms with van der Waals surface area (Å²) in [5, 5.41) is 13.7. The van der Waals surface area contributed by atoms with Crippen molar-refractivity contribution in [2.75, 3.05) is 16.4 Å². The fraction of sp³-hybridized carbons (Fsp3) is 0.100. The maximum Gasteiger partial charge on any atom is 0.259 e. The van der Waals surface area contributed by atoms with Crippen LogP contribution in [0.4, 0.5) is 15.9 Å². The van der Waals surface area contributed by atoms with Crippen LogP contribution in [-0.4, -0.2) is 27.8 Å². The van der Waals surface area contributed by atoms with Crippen LogP contribution in [0.15, 0.2) is 65.7 Å². The molecule has 0 saturated carbocycles. The van der Waals surface area contributed by atoms with Crippen molar-refractivity contribution in [1.82, 2.24) is 10.2 Å². The summed E-state index contributed by atoms with van der Waals surface area (Å²) in [6.07, 6.45) is 0. The van der Waals surface area contributed by atoms with Gasteiger partial charge < -0.3 is 10.6 Å². The van der Waals surface area contributed by atoms with Crippen molar-refractivity contribution >= 4 is 35.1 Å². The zero-order chi connectivity index (χ0) is 19.9. The van der Waals surface area contributed by atoms with Crippen LogP contribution < -0.4 is 10.6 Å². The Morgan fingerprint density at radius 2 is 1.82 bits per heavy atom. The topological polar surface area (TPSA) is 84.0 Å². The Labute approximate surface area is 165 Å². The van der Waals surface area contributed by atoms with E-state index in [4.69, 9.17) is 0 Å². The second-order valence-corrected chi connectivity index (χ2v) is 6.89. The van der Waals surface area contributed by atoms with Crippen LogP contribution in [0.3, 0.4) is 0 Å². The molecule has 0 aliphatic heterocycles. The van der Waals surface area contributed by atoms with Crippen molar-refractivity contribution in [3.8, 4) is 0 Å². The molecule has 1 aromatic heterocycles. The Morgan fingerprint density at radius 1 is 1.00 bits per heavy atom. The van der Waals surface area contributed by atoms with Crippen molar-refractivity contribution in [2.45, 2.75) is 11.9 Å². The van der Waals surface area contributed by atoms with Crippen LogP contribution in [0.25, 0.3) is 0 Å². The lowest BCUT2D eigenvalue weighted by Gasteiger charge is -2.06. The predicted molar refractivity (Wildman–Crippen MR) is 107 cm³/mol. The average Bonchev–Trinajstić information content (AvgIpc) is 2.68. The summed E-state index contributed by atoms with van der Waals surface area (Å²) in [6.45, 7) is 1.95. The largest absolute Gasteiger partial charge is 0.325 e. The highest BCUT2D eigenvalue weighted by Crippen LogP contribution is 2.17. The number of nitrogens with one attached hydrogen (secondary N) is 2. The monoisotopic (exact) mass is 396 g/mol. The highest BCUT2D eigenvalue weighted by atomic mass is 32.2. The lowest BCUT2D eigenvalue weighted by atomic mass is 10.2. The van der Waals surface area contributed by atoms with Crippen molar-refractivity contribution in [3.63, 3.8) is 0 Å². The number of thioether (sulfide) groups is 1. The number of aryl methyl sites for hydroxylation is 1. The zero-order valence-corrected chi connectivity index (χ0v) is 15.8. The first-order valence-electron chi connectivity index (χ1n) is 8.40. The smallest absolute Gasteiger partial charge is 0.259 e. The van der Waals surface area contributed by atoms with E-state index in [1.54, 1.807) is 18.2 Å². The molecule has 0 unspecified atom stereocenters. The molecule has 2 aromatic carbocycles. The Bertz CT molecular complexity index is 996. The van der Waals surface area contributed by atoms with Crippen LogP contribution >= 0.6 is 11.8 Å². The van der Waals surface area contributed by atoms with Gasteiger partial charge in [0.2, 0.25) is 5.91 Å². The maximum absolute atomic E-state index is 13.6. The standard InChI is InChI=1S/C20H17FN4O2S/c1-13-5-4-6-14(11-13)22-18(26)12-28-19-10-9-17(24-25-19)23-20(27)15-7-2-3-8-16(15)21/h2-11H,12H2,1H3,(H,22,26)(H,23,24,27). The quantitative estimate of drug-likeness (QED) is 0.617. The molecular formula is C20H17FN4O2S. The first-order chi connectivity index (χ1) is 13.5. The number of halogens is 1. The van der Waals surface area contributed by atoms with Gasteiger partial charge in [-0.25, -0.2) is 4.39 Å². The Kier molecular flexibility index (Phi) is 6.33. The molecule has 2 N–H and O–H groups in total. The van der Waals surface area contributed by atoms with E-state index in [9.17, 15) is 14.0 Å². The van der Waals surface area contributed by atoms with Gasteiger partial charge in [0.25, 0.3) is 5.91 Å². The predicted octanol–water partition coefficient (Wildman–Crippen LogP) is 3.91. The third kappa shape index (κ3) is 5.37. The van der Waals surface area contributed by atoms with Gasteiger partial charge in [0.15, 0.2) is 5.82 Å². The molecule has 8 heteroatoms. The molecule has 1 heterocycles. The normalized spacial score (nSPS) is 10.4. The minimum Gasteiger partial charge on any atom is -0.325 e. The number of anilines is 2. The molecule has 6 nitrogen and oxygen atoms in total. The molecule has 0 bridgehead atoms. The average molecular weight is 396 g/mol. The zero-order valence-electron chi connectivity index (χ0n) is 15.0. The summed E-state index contributed by atoms with van der Waals surface area (Å²) in [5.41, 5.74) is 1.72. The van der Waals surface area contributed by atoms with Gasteiger partial charge in [-0.2, -0.15) is 0 Å². The third-order valence-corrected chi connectivity index (χ3v) is 4.57. The van der Waals surface area contributed by atoms with Gasteiger partial charge in [-0.1, -0.05) is 36.0 Å². The summed E-state index contributed by atoms with van der Waals surface area (Å²) in [6, 6.07) is 16.4. The lowest BCUT2D eigenvalue weighted by Crippen LogP contribution is -2.15. The summed E-state index contributed by atoms with van der Waals surface area (Å²) in [7, 11) is 0. The molecule has 0 radical (unpaired) electrons. The van der Waals surface area contributed by atoms with Gasteiger partial charge in [0, 0.05) is 5.69 Å². The number of aromatic nitrogens is 2. The molecule has 0 fully saturated rings. The van der Waals surface area contributed by atoms with Crippen molar-refractivity contribution in [3.05, 3.63) is 77.6 Å². The number of rotatable bonds is 6. The van der Waals surface area contributed by atoms with Crippen LogP contribution in [0.2, 0.25) is 0 Å².